The molecular weight excluding hydrogens is 296 g/mol. The van der Waals surface area contributed by atoms with Crippen LogP contribution in [-0.2, 0) is 6.42 Å². The summed E-state index contributed by atoms with van der Waals surface area (Å²) in [5.41, 5.74) is 5.89. The van der Waals surface area contributed by atoms with Gasteiger partial charge in [-0.2, -0.15) is 0 Å². The number of aryl methyl sites for hydroxylation is 1. The highest BCUT2D eigenvalue weighted by Gasteiger charge is 2.15. The Morgan fingerprint density at radius 3 is 2.85 bits per heavy atom. The first kappa shape index (κ1) is 14.7. The van der Waals surface area contributed by atoms with Crippen molar-refractivity contribution in [3.63, 3.8) is 0 Å². The Labute approximate surface area is 126 Å². The Morgan fingerprint density at radius 2 is 2.25 bits per heavy atom. The zero-order valence-electron chi connectivity index (χ0n) is 11.2. The molecule has 1 amide bonds. The Hall–Kier alpha value is -1.66. The highest BCUT2D eigenvalue weighted by atomic mass is 35.5. The second-order valence-corrected chi connectivity index (χ2v) is 5.86. The second-order valence-electron chi connectivity index (χ2n) is 4.30. The molecular formula is C13H15ClN4OS. The first-order chi connectivity index (χ1) is 9.51. The summed E-state index contributed by atoms with van der Waals surface area (Å²) in [6.07, 6.45) is 4.18. The summed E-state index contributed by atoms with van der Waals surface area (Å²) in [6, 6.07) is 1.34. The maximum atomic E-state index is 12.1. The zero-order chi connectivity index (χ0) is 14.7. The molecule has 1 atom stereocenters. The van der Waals surface area contributed by atoms with Gasteiger partial charge in [0.25, 0.3) is 5.91 Å². The number of halogens is 1. The fraction of sp³-hybridized carbons (Fsp3) is 0.308. The molecule has 0 bridgehead atoms. The van der Waals surface area contributed by atoms with Crippen molar-refractivity contribution in [1.29, 1.82) is 0 Å². The summed E-state index contributed by atoms with van der Waals surface area (Å²) in [5.74, 6) is -0.0380. The van der Waals surface area contributed by atoms with Crippen LogP contribution in [0, 0.1) is 0 Å². The number of nitrogen functional groups attached to an aromatic ring is 1. The topological polar surface area (TPSA) is 80.9 Å². The van der Waals surface area contributed by atoms with Gasteiger partial charge in [0.1, 0.15) is 10.8 Å². The standard InChI is InChI=1S/C13H15ClN4OS/c1-3-9-6-17-13(20-9)7(2)18-12(19)8-4-10(14)11(15)16-5-8/h4-7H,3H2,1-2H3,(H2,15,16)(H,18,19). The molecule has 2 aromatic rings. The highest BCUT2D eigenvalue weighted by molar-refractivity contribution is 7.11. The number of rotatable bonds is 4. The van der Waals surface area contributed by atoms with Gasteiger partial charge in [-0.3, -0.25) is 4.79 Å². The van der Waals surface area contributed by atoms with Gasteiger partial charge in [-0.15, -0.1) is 11.3 Å². The van der Waals surface area contributed by atoms with Crippen molar-refractivity contribution in [3.8, 4) is 0 Å². The van der Waals surface area contributed by atoms with Crippen LogP contribution in [0.3, 0.4) is 0 Å². The van der Waals surface area contributed by atoms with Crippen LogP contribution in [-0.4, -0.2) is 15.9 Å². The molecule has 2 heterocycles. The first-order valence-corrected chi connectivity index (χ1v) is 7.37. The SMILES string of the molecule is CCc1cnc(C(C)NC(=O)c2cnc(N)c(Cl)c2)s1. The maximum Gasteiger partial charge on any atom is 0.253 e. The van der Waals surface area contributed by atoms with Gasteiger partial charge in [-0.05, 0) is 19.4 Å². The van der Waals surface area contributed by atoms with Gasteiger partial charge >= 0.3 is 0 Å². The van der Waals surface area contributed by atoms with E-state index in [1.165, 1.54) is 17.1 Å². The van der Waals surface area contributed by atoms with Gasteiger partial charge in [-0.25, -0.2) is 9.97 Å². The predicted molar refractivity (Wildman–Crippen MR) is 81.0 cm³/mol. The minimum Gasteiger partial charge on any atom is -0.382 e. The first-order valence-electron chi connectivity index (χ1n) is 6.17. The van der Waals surface area contributed by atoms with Gasteiger partial charge in [0.05, 0.1) is 16.6 Å². The predicted octanol–water partition coefficient (Wildman–Crippen LogP) is 2.83. The third-order valence-corrected chi connectivity index (χ3v) is 4.40. The third-order valence-electron chi connectivity index (χ3n) is 2.77. The fourth-order valence-electron chi connectivity index (χ4n) is 1.60. The van der Waals surface area contributed by atoms with Crippen molar-refractivity contribution in [2.45, 2.75) is 26.3 Å². The largest absolute Gasteiger partial charge is 0.382 e. The third kappa shape index (κ3) is 3.26. The fourth-order valence-corrected chi connectivity index (χ4v) is 2.63. The average molecular weight is 311 g/mol. The van der Waals surface area contributed by atoms with E-state index in [4.69, 9.17) is 17.3 Å². The number of thiazole rings is 1. The van der Waals surface area contributed by atoms with E-state index in [9.17, 15) is 4.79 Å². The van der Waals surface area contributed by atoms with Crippen LogP contribution in [0.25, 0.3) is 0 Å². The van der Waals surface area contributed by atoms with Gasteiger partial charge in [-0.1, -0.05) is 18.5 Å². The summed E-state index contributed by atoms with van der Waals surface area (Å²) >= 11 is 7.45. The summed E-state index contributed by atoms with van der Waals surface area (Å²) in [7, 11) is 0. The van der Waals surface area contributed by atoms with E-state index >= 15 is 0 Å². The Bertz CT molecular complexity index is 629. The van der Waals surface area contributed by atoms with E-state index in [1.54, 1.807) is 11.3 Å². The molecule has 5 nitrogen and oxygen atoms in total. The maximum absolute atomic E-state index is 12.1. The van der Waals surface area contributed by atoms with Gasteiger partial charge < -0.3 is 11.1 Å². The monoisotopic (exact) mass is 310 g/mol. The van der Waals surface area contributed by atoms with Gasteiger partial charge in [0.2, 0.25) is 0 Å². The summed E-state index contributed by atoms with van der Waals surface area (Å²) in [6.45, 7) is 3.96. The van der Waals surface area contributed by atoms with Crippen molar-refractivity contribution in [1.82, 2.24) is 15.3 Å². The van der Waals surface area contributed by atoms with Gasteiger partial charge in [0.15, 0.2) is 0 Å². The highest BCUT2D eigenvalue weighted by Crippen LogP contribution is 2.21. The molecule has 20 heavy (non-hydrogen) atoms. The lowest BCUT2D eigenvalue weighted by molar-refractivity contribution is 0.0939. The number of carbonyl (C=O) groups excluding carboxylic acids is 1. The minimum atomic E-state index is -0.250. The van der Waals surface area contributed by atoms with Crippen LogP contribution < -0.4 is 11.1 Å². The number of nitrogens with zero attached hydrogens (tertiary/aromatic N) is 2. The molecule has 0 aromatic carbocycles. The molecule has 0 aliphatic rings. The Morgan fingerprint density at radius 1 is 1.50 bits per heavy atom. The number of hydrogen-bond acceptors (Lipinski definition) is 5. The van der Waals surface area contributed by atoms with Crippen LogP contribution in [0.15, 0.2) is 18.5 Å². The van der Waals surface area contributed by atoms with E-state index in [1.807, 2.05) is 13.1 Å². The van der Waals surface area contributed by atoms with Gasteiger partial charge in [0, 0.05) is 17.3 Å². The second kappa shape index (κ2) is 6.19. The molecule has 2 rings (SSSR count). The molecule has 106 valence electrons. The van der Waals surface area contributed by atoms with E-state index < -0.39 is 0 Å². The summed E-state index contributed by atoms with van der Waals surface area (Å²) < 4.78 is 0. The van der Waals surface area contributed by atoms with E-state index in [0.29, 0.717) is 5.56 Å². The minimum absolute atomic E-state index is 0.163. The molecule has 0 spiro atoms. The lowest BCUT2D eigenvalue weighted by Crippen LogP contribution is -2.26. The number of aromatic nitrogens is 2. The van der Waals surface area contributed by atoms with Crippen LogP contribution >= 0.6 is 22.9 Å². The normalized spacial score (nSPS) is 12.2. The smallest absolute Gasteiger partial charge is 0.253 e. The van der Waals surface area contributed by atoms with Crippen molar-refractivity contribution in [2.75, 3.05) is 5.73 Å². The summed E-state index contributed by atoms with van der Waals surface area (Å²) in [5, 5.41) is 4.02. The molecule has 0 fully saturated rings. The van der Waals surface area contributed by atoms with Crippen LogP contribution in [0.4, 0.5) is 5.82 Å². The van der Waals surface area contributed by atoms with E-state index in [0.717, 1.165) is 11.4 Å². The number of nitrogens with one attached hydrogen (secondary N) is 1. The molecule has 0 saturated carbocycles. The van der Waals surface area contributed by atoms with Crippen molar-refractivity contribution in [2.24, 2.45) is 0 Å². The quantitative estimate of drug-likeness (QED) is 0.910. The van der Waals surface area contributed by atoms with Crippen molar-refractivity contribution in [3.05, 3.63) is 38.9 Å². The lowest BCUT2D eigenvalue weighted by atomic mass is 10.2. The molecule has 1 unspecified atom stereocenters. The van der Waals surface area contributed by atoms with Crippen LogP contribution in [0.2, 0.25) is 5.02 Å². The van der Waals surface area contributed by atoms with E-state index in [2.05, 4.69) is 22.2 Å². The molecule has 0 radical (unpaired) electrons. The average Bonchev–Trinajstić information content (AvgIpc) is 2.90. The molecule has 7 heteroatoms. The summed E-state index contributed by atoms with van der Waals surface area (Å²) in [4.78, 5) is 21.5. The molecule has 0 aliphatic carbocycles. The Kier molecular flexibility index (Phi) is 4.57. The van der Waals surface area contributed by atoms with Crippen LogP contribution in [0.1, 0.15) is 40.1 Å². The number of anilines is 1. The Balaban J connectivity index is 2.08. The number of hydrogen-bond donors (Lipinski definition) is 2. The molecule has 0 saturated heterocycles. The zero-order valence-corrected chi connectivity index (χ0v) is 12.8. The van der Waals surface area contributed by atoms with E-state index in [-0.39, 0.29) is 22.8 Å². The van der Waals surface area contributed by atoms with Crippen LogP contribution in [0.5, 0.6) is 0 Å². The molecule has 0 aliphatic heterocycles. The van der Waals surface area contributed by atoms with Crippen molar-refractivity contribution < 1.29 is 4.79 Å². The van der Waals surface area contributed by atoms with Crippen molar-refractivity contribution >= 4 is 34.7 Å². The lowest BCUT2D eigenvalue weighted by Gasteiger charge is -2.11. The number of carbonyl (C=O) groups is 1. The molecule has 2 aromatic heterocycles. The number of amides is 1. The molecule has 3 N–H and O–H groups in total. The number of pyridine rings is 1. The number of nitrogens with two attached hydrogens (primary N) is 1.